The molecule has 1 aliphatic heterocycles. The van der Waals surface area contributed by atoms with E-state index in [0.717, 1.165) is 15.4 Å². The van der Waals surface area contributed by atoms with Gasteiger partial charge in [-0.3, -0.25) is 9.10 Å². The van der Waals surface area contributed by atoms with E-state index in [1.807, 2.05) is 19.9 Å². The molecule has 7 nitrogen and oxygen atoms in total. The minimum absolute atomic E-state index is 0.0382. The molecule has 2 aromatic rings. The number of carbonyl (C=O) groups excluding carboxylic acids is 1. The number of anilines is 1. The molecule has 156 valence electrons. The highest BCUT2D eigenvalue weighted by atomic mass is 32.2. The number of morpholine rings is 1. The van der Waals surface area contributed by atoms with Crippen molar-refractivity contribution in [3.05, 3.63) is 53.6 Å². The summed E-state index contributed by atoms with van der Waals surface area (Å²) in [5.41, 5.74) is 2.13. The van der Waals surface area contributed by atoms with Crippen LogP contribution in [0, 0.1) is 13.8 Å². The molecule has 1 heterocycles. The Morgan fingerprint density at radius 1 is 1.10 bits per heavy atom. The van der Waals surface area contributed by atoms with Gasteiger partial charge in [-0.1, -0.05) is 18.2 Å². The Balaban J connectivity index is 2.04. The van der Waals surface area contributed by atoms with Gasteiger partial charge < -0.3 is 14.4 Å². The number of amides is 1. The van der Waals surface area contributed by atoms with Crippen LogP contribution < -0.4 is 9.04 Å². The maximum atomic E-state index is 13.6. The molecule has 8 heteroatoms. The van der Waals surface area contributed by atoms with Crippen LogP contribution >= 0.6 is 0 Å². The second-order valence-corrected chi connectivity index (χ2v) is 8.83. The Morgan fingerprint density at radius 2 is 1.79 bits per heavy atom. The van der Waals surface area contributed by atoms with Crippen molar-refractivity contribution in [3.8, 4) is 5.75 Å². The van der Waals surface area contributed by atoms with E-state index in [1.165, 1.54) is 7.11 Å². The Morgan fingerprint density at radius 3 is 2.45 bits per heavy atom. The lowest BCUT2D eigenvalue weighted by molar-refractivity contribution is -0.133. The van der Waals surface area contributed by atoms with Gasteiger partial charge in [0.15, 0.2) is 0 Å². The molecule has 0 aromatic heterocycles. The van der Waals surface area contributed by atoms with E-state index >= 15 is 0 Å². The van der Waals surface area contributed by atoms with Gasteiger partial charge >= 0.3 is 0 Å². The van der Waals surface area contributed by atoms with Gasteiger partial charge in [0.1, 0.15) is 17.2 Å². The van der Waals surface area contributed by atoms with E-state index in [-0.39, 0.29) is 23.1 Å². The second kappa shape index (κ2) is 8.84. The molecule has 1 saturated heterocycles. The lowest BCUT2D eigenvalue weighted by atomic mass is 10.2. The number of benzene rings is 2. The van der Waals surface area contributed by atoms with Gasteiger partial charge in [-0.05, 0) is 49.2 Å². The summed E-state index contributed by atoms with van der Waals surface area (Å²) in [6.07, 6.45) is 0. The fraction of sp³-hybridized carbons (Fsp3) is 0.381. The number of ether oxygens (including phenoxy) is 2. The van der Waals surface area contributed by atoms with E-state index in [9.17, 15) is 13.2 Å². The molecule has 29 heavy (non-hydrogen) atoms. The largest absolute Gasteiger partial charge is 0.495 e. The van der Waals surface area contributed by atoms with Crippen LogP contribution in [0.2, 0.25) is 0 Å². The summed E-state index contributed by atoms with van der Waals surface area (Å²) in [6, 6.07) is 12.1. The van der Waals surface area contributed by atoms with Crippen molar-refractivity contribution < 1.29 is 22.7 Å². The first-order chi connectivity index (χ1) is 13.8. The Labute approximate surface area is 171 Å². The molecule has 1 amide bonds. The smallest absolute Gasteiger partial charge is 0.268 e. The van der Waals surface area contributed by atoms with Crippen molar-refractivity contribution in [1.82, 2.24) is 4.90 Å². The van der Waals surface area contributed by atoms with Crippen LogP contribution in [-0.2, 0) is 19.6 Å². The highest BCUT2D eigenvalue weighted by Crippen LogP contribution is 2.31. The maximum Gasteiger partial charge on any atom is 0.268 e. The Kier molecular flexibility index (Phi) is 6.44. The topological polar surface area (TPSA) is 76.2 Å². The molecule has 0 spiro atoms. The zero-order valence-electron chi connectivity index (χ0n) is 16.9. The summed E-state index contributed by atoms with van der Waals surface area (Å²) in [4.78, 5) is 14.6. The first kappa shape index (κ1) is 21.1. The third-order valence-corrected chi connectivity index (χ3v) is 6.61. The molecule has 0 radical (unpaired) electrons. The predicted octanol–water partition coefficient (Wildman–Crippen LogP) is 2.37. The molecule has 0 aliphatic carbocycles. The second-order valence-electron chi connectivity index (χ2n) is 7.00. The van der Waals surface area contributed by atoms with E-state index in [2.05, 4.69) is 0 Å². The molecule has 0 saturated carbocycles. The molecule has 0 atom stereocenters. The summed E-state index contributed by atoms with van der Waals surface area (Å²) in [5, 5.41) is 0. The van der Waals surface area contributed by atoms with Crippen molar-refractivity contribution in [2.45, 2.75) is 18.7 Å². The summed E-state index contributed by atoms with van der Waals surface area (Å²) < 4.78 is 39.0. The van der Waals surface area contributed by atoms with E-state index in [1.54, 1.807) is 41.3 Å². The molecule has 1 aliphatic rings. The fourth-order valence-electron chi connectivity index (χ4n) is 3.24. The van der Waals surface area contributed by atoms with Crippen LogP contribution in [0.25, 0.3) is 0 Å². The SMILES string of the molecule is COc1ccc(C)cc1S(=O)(=O)N(CC(=O)N1CCOCC1)c1cccc(C)c1. The van der Waals surface area contributed by atoms with Crippen LogP contribution in [-0.4, -0.2) is 59.2 Å². The Hall–Kier alpha value is -2.58. The average Bonchev–Trinajstić information content (AvgIpc) is 2.72. The Bertz CT molecular complexity index is 984. The molecule has 0 unspecified atom stereocenters. The fourth-order valence-corrected chi connectivity index (χ4v) is 4.89. The summed E-state index contributed by atoms with van der Waals surface area (Å²) in [5.74, 6) is -0.0166. The van der Waals surface area contributed by atoms with Crippen LogP contribution in [0.4, 0.5) is 5.69 Å². The average molecular weight is 419 g/mol. The molecular weight excluding hydrogens is 392 g/mol. The van der Waals surface area contributed by atoms with Gasteiger partial charge in [0.2, 0.25) is 5.91 Å². The number of nitrogens with zero attached hydrogens (tertiary/aromatic N) is 2. The number of sulfonamides is 1. The molecule has 0 N–H and O–H groups in total. The summed E-state index contributed by atoms with van der Waals surface area (Å²) in [7, 11) is -2.61. The number of hydrogen-bond donors (Lipinski definition) is 0. The molecule has 3 rings (SSSR count). The zero-order valence-corrected chi connectivity index (χ0v) is 17.7. The third kappa shape index (κ3) is 4.71. The molecule has 2 aromatic carbocycles. The molecular formula is C21H26N2O5S. The number of hydrogen-bond acceptors (Lipinski definition) is 5. The van der Waals surface area contributed by atoms with Crippen molar-refractivity contribution >= 4 is 21.6 Å². The number of carbonyl (C=O) groups is 1. The van der Waals surface area contributed by atoms with Gasteiger partial charge in [0.25, 0.3) is 10.0 Å². The van der Waals surface area contributed by atoms with Crippen molar-refractivity contribution in [3.63, 3.8) is 0 Å². The minimum atomic E-state index is -4.04. The normalized spacial score (nSPS) is 14.5. The van der Waals surface area contributed by atoms with Crippen molar-refractivity contribution in [2.24, 2.45) is 0 Å². The monoisotopic (exact) mass is 418 g/mol. The minimum Gasteiger partial charge on any atom is -0.495 e. The number of rotatable bonds is 6. The number of methoxy groups -OCH3 is 1. The van der Waals surface area contributed by atoms with Gasteiger partial charge in [0, 0.05) is 13.1 Å². The van der Waals surface area contributed by atoms with Gasteiger partial charge in [-0.15, -0.1) is 0 Å². The lowest BCUT2D eigenvalue weighted by Crippen LogP contribution is -2.47. The van der Waals surface area contributed by atoms with Crippen LogP contribution in [0.1, 0.15) is 11.1 Å². The van der Waals surface area contributed by atoms with Gasteiger partial charge in [-0.25, -0.2) is 8.42 Å². The molecule has 1 fully saturated rings. The van der Waals surface area contributed by atoms with E-state index in [4.69, 9.17) is 9.47 Å². The van der Waals surface area contributed by atoms with Crippen molar-refractivity contribution in [2.75, 3.05) is 44.3 Å². The van der Waals surface area contributed by atoms with Crippen molar-refractivity contribution in [1.29, 1.82) is 0 Å². The maximum absolute atomic E-state index is 13.6. The first-order valence-electron chi connectivity index (χ1n) is 9.42. The first-order valence-corrected chi connectivity index (χ1v) is 10.9. The predicted molar refractivity (Wildman–Crippen MR) is 111 cm³/mol. The van der Waals surface area contributed by atoms with E-state index in [0.29, 0.717) is 32.0 Å². The quantitative estimate of drug-likeness (QED) is 0.720. The highest BCUT2D eigenvalue weighted by molar-refractivity contribution is 7.93. The third-order valence-electron chi connectivity index (χ3n) is 4.82. The van der Waals surface area contributed by atoms with Crippen LogP contribution in [0.15, 0.2) is 47.4 Å². The van der Waals surface area contributed by atoms with Crippen LogP contribution in [0.5, 0.6) is 5.75 Å². The zero-order chi connectivity index (χ0) is 21.0. The summed E-state index contributed by atoms with van der Waals surface area (Å²) >= 11 is 0. The molecule has 0 bridgehead atoms. The van der Waals surface area contributed by atoms with Gasteiger partial charge in [-0.2, -0.15) is 0 Å². The van der Waals surface area contributed by atoms with Crippen LogP contribution in [0.3, 0.4) is 0 Å². The standard InChI is InChI=1S/C21H26N2O5S/c1-16-5-4-6-18(13-16)23(15-21(24)22-9-11-28-12-10-22)29(25,26)20-14-17(2)7-8-19(20)27-3/h4-8,13-14H,9-12,15H2,1-3H3. The van der Waals surface area contributed by atoms with Gasteiger partial charge in [0.05, 0.1) is 26.0 Å². The number of aryl methyl sites for hydroxylation is 2. The van der Waals surface area contributed by atoms with E-state index < -0.39 is 10.0 Å². The highest BCUT2D eigenvalue weighted by Gasteiger charge is 2.32. The summed E-state index contributed by atoms with van der Waals surface area (Å²) in [6.45, 7) is 5.22. The lowest BCUT2D eigenvalue weighted by Gasteiger charge is -2.31.